The Labute approximate surface area is 143 Å². The summed E-state index contributed by atoms with van der Waals surface area (Å²) in [6.07, 6.45) is 1.47. The minimum atomic E-state index is -0.700. The third kappa shape index (κ3) is 4.63. The fourth-order valence-electron chi connectivity index (χ4n) is 2.15. The largest absolute Gasteiger partial charge is 0.475 e. The summed E-state index contributed by atoms with van der Waals surface area (Å²) in [5, 5.41) is 0. The predicted octanol–water partition coefficient (Wildman–Crippen LogP) is 3.03. The number of H-pyrrole nitrogens is 1. The van der Waals surface area contributed by atoms with Crippen molar-refractivity contribution in [1.82, 2.24) is 15.0 Å². The van der Waals surface area contributed by atoms with Crippen LogP contribution in [0.4, 0.5) is 4.39 Å². The van der Waals surface area contributed by atoms with Gasteiger partial charge in [0.05, 0.1) is 6.61 Å². The van der Waals surface area contributed by atoms with Gasteiger partial charge < -0.3 is 14.5 Å². The molecular formula is C18H16FN3O3. The van der Waals surface area contributed by atoms with Crippen LogP contribution in [0.25, 0.3) is 0 Å². The summed E-state index contributed by atoms with van der Waals surface area (Å²) in [5.41, 5.74) is 1.21. The molecule has 0 spiro atoms. The summed E-state index contributed by atoms with van der Waals surface area (Å²) in [6.45, 7) is 2.10. The molecule has 0 saturated heterocycles. The number of benzene rings is 1. The monoisotopic (exact) mass is 341 g/mol. The first-order valence-corrected chi connectivity index (χ1v) is 7.68. The van der Waals surface area contributed by atoms with E-state index in [4.69, 9.17) is 9.47 Å². The number of aromatic amines is 1. The highest BCUT2D eigenvalue weighted by Crippen LogP contribution is 2.20. The maximum absolute atomic E-state index is 13.4. The molecule has 0 unspecified atom stereocenters. The summed E-state index contributed by atoms with van der Waals surface area (Å²) in [4.78, 5) is 20.9. The van der Waals surface area contributed by atoms with Gasteiger partial charge in [0.25, 0.3) is 5.88 Å². The van der Waals surface area contributed by atoms with Gasteiger partial charge in [-0.15, -0.1) is 0 Å². The molecule has 0 bridgehead atoms. The first-order valence-electron chi connectivity index (χ1n) is 7.68. The first kappa shape index (κ1) is 16.6. The number of aromatic nitrogens is 3. The molecule has 1 aromatic carbocycles. The van der Waals surface area contributed by atoms with Crippen molar-refractivity contribution in [2.45, 2.75) is 13.3 Å². The van der Waals surface area contributed by atoms with Crippen LogP contribution in [0, 0.1) is 12.7 Å². The third-order valence-electron chi connectivity index (χ3n) is 3.37. The van der Waals surface area contributed by atoms with Crippen molar-refractivity contribution in [3.63, 3.8) is 0 Å². The molecule has 0 aliphatic heterocycles. The van der Waals surface area contributed by atoms with E-state index in [0.29, 0.717) is 18.1 Å². The van der Waals surface area contributed by atoms with E-state index in [-0.39, 0.29) is 12.5 Å². The number of nitrogens with zero attached hydrogens (tertiary/aromatic N) is 2. The van der Waals surface area contributed by atoms with Gasteiger partial charge in [0.15, 0.2) is 0 Å². The van der Waals surface area contributed by atoms with Gasteiger partial charge in [-0.05, 0) is 30.7 Å². The molecule has 6 nitrogen and oxygen atoms in total. The van der Waals surface area contributed by atoms with Gasteiger partial charge >= 0.3 is 5.69 Å². The fraction of sp³-hybridized carbons (Fsp3) is 0.167. The second-order valence-corrected chi connectivity index (χ2v) is 5.32. The Bertz CT molecular complexity index is 910. The van der Waals surface area contributed by atoms with E-state index in [1.807, 2.05) is 43.3 Å². The Hall–Kier alpha value is -3.22. The average molecular weight is 341 g/mol. The average Bonchev–Trinajstić information content (AvgIpc) is 2.59. The first-order chi connectivity index (χ1) is 12.1. The maximum Gasteiger partial charge on any atom is 0.348 e. The molecule has 2 heterocycles. The van der Waals surface area contributed by atoms with Crippen molar-refractivity contribution in [2.24, 2.45) is 0 Å². The third-order valence-corrected chi connectivity index (χ3v) is 3.37. The van der Waals surface area contributed by atoms with E-state index in [2.05, 4.69) is 15.0 Å². The number of halogens is 1. The van der Waals surface area contributed by atoms with Gasteiger partial charge in [-0.3, -0.25) is 0 Å². The van der Waals surface area contributed by atoms with E-state index in [1.165, 1.54) is 0 Å². The van der Waals surface area contributed by atoms with Crippen molar-refractivity contribution in [1.29, 1.82) is 0 Å². The number of nitrogens with one attached hydrogen (secondary N) is 1. The van der Waals surface area contributed by atoms with E-state index in [0.717, 1.165) is 17.5 Å². The molecule has 7 heteroatoms. The van der Waals surface area contributed by atoms with Crippen molar-refractivity contribution < 1.29 is 13.9 Å². The normalized spacial score (nSPS) is 10.5. The van der Waals surface area contributed by atoms with Gasteiger partial charge in [-0.2, -0.15) is 9.37 Å². The van der Waals surface area contributed by atoms with Crippen LogP contribution >= 0.6 is 0 Å². The second kappa shape index (κ2) is 7.57. The van der Waals surface area contributed by atoms with E-state index in [1.54, 1.807) is 6.07 Å². The standard InChI is InChI=1S/C18H16FN3O3/c1-12-3-2-4-16(21-12)25-14-7-5-13(6-8-14)9-10-24-17-15(19)11-20-18(23)22-17/h2-8,11H,9-10H2,1H3,(H,20,22,23). The maximum atomic E-state index is 13.4. The van der Waals surface area contributed by atoms with Crippen LogP contribution < -0.4 is 15.2 Å². The van der Waals surface area contributed by atoms with Crippen LogP contribution in [0.1, 0.15) is 11.3 Å². The van der Waals surface area contributed by atoms with Gasteiger partial charge in [-0.1, -0.05) is 18.2 Å². The molecule has 0 aliphatic carbocycles. The molecule has 0 saturated carbocycles. The van der Waals surface area contributed by atoms with Crippen molar-refractivity contribution in [2.75, 3.05) is 6.61 Å². The smallest absolute Gasteiger partial charge is 0.348 e. The Morgan fingerprint density at radius 3 is 2.68 bits per heavy atom. The molecule has 3 rings (SSSR count). The summed E-state index contributed by atoms with van der Waals surface area (Å²) in [6, 6.07) is 13.0. The molecule has 0 atom stereocenters. The van der Waals surface area contributed by atoms with E-state index < -0.39 is 11.5 Å². The fourth-order valence-corrected chi connectivity index (χ4v) is 2.15. The topological polar surface area (TPSA) is 77.1 Å². The molecule has 0 fully saturated rings. The van der Waals surface area contributed by atoms with Gasteiger partial charge in [0.2, 0.25) is 11.7 Å². The lowest BCUT2D eigenvalue weighted by Gasteiger charge is -2.08. The van der Waals surface area contributed by atoms with Crippen LogP contribution in [-0.2, 0) is 6.42 Å². The summed E-state index contributed by atoms with van der Waals surface area (Å²) >= 11 is 0. The molecule has 25 heavy (non-hydrogen) atoms. The summed E-state index contributed by atoms with van der Waals surface area (Å²) in [7, 11) is 0. The summed E-state index contributed by atoms with van der Waals surface area (Å²) < 4.78 is 24.3. The number of hydrogen-bond donors (Lipinski definition) is 1. The minimum Gasteiger partial charge on any atom is -0.475 e. The molecule has 1 N–H and O–H groups in total. The molecular weight excluding hydrogens is 325 g/mol. The molecule has 2 aromatic heterocycles. The molecule has 128 valence electrons. The van der Waals surface area contributed by atoms with Crippen LogP contribution in [-0.4, -0.2) is 21.6 Å². The lowest BCUT2D eigenvalue weighted by atomic mass is 10.1. The van der Waals surface area contributed by atoms with Crippen LogP contribution in [0.2, 0.25) is 0 Å². The highest BCUT2D eigenvalue weighted by molar-refractivity contribution is 5.31. The van der Waals surface area contributed by atoms with E-state index in [9.17, 15) is 9.18 Å². The van der Waals surface area contributed by atoms with Crippen molar-refractivity contribution >= 4 is 0 Å². The molecule has 0 aliphatic rings. The molecule has 0 radical (unpaired) electrons. The Balaban J connectivity index is 1.55. The Kier molecular flexibility index (Phi) is 5.03. The number of pyridine rings is 1. The zero-order valence-corrected chi connectivity index (χ0v) is 13.5. The van der Waals surface area contributed by atoms with Gasteiger partial charge in [0.1, 0.15) is 5.75 Å². The lowest BCUT2D eigenvalue weighted by molar-refractivity contribution is 0.289. The molecule has 3 aromatic rings. The number of ether oxygens (including phenoxy) is 2. The number of hydrogen-bond acceptors (Lipinski definition) is 5. The quantitative estimate of drug-likeness (QED) is 0.746. The zero-order chi connectivity index (χ0) is 17.6. The van der Waals surface area contributed by atoms with E-state index >= 15 is 0 Å². The van der Waals surface area contributed by atoms with Crippen molar-refractivity contribution in [3.05, 3.63) is 76.2 Å². The number of rotatable bonds is 6. The second-order valence-electron chi connectivity index (χ2n) is 5.32. The number of aryl methyl sites for hydroxylation is 1. The summed E-state index contributed by atoms with van der Waals surface area (Å²) in [5.74, 6) is 0.209. The van der Waals surface area contributed by atoms with Gasteiger partial charge in [0, 0.05) is 24.4 Å². The molecule has 0 amide bonds. The van der Waals surface area contributed by atoms with Gasteiger partial charge in [-0.25, -0.2) is 9.78 Å². The lowest BCUT2D eigenvalue weighted by Crippen LogP contribution is -2.14. The SMILES string of the molecule is Cc1cccc(Oc2ccc(CCOc3nc(=O)[nH]cc3F)cc2)n1. The minimum absolute atomic E-state index is 0.201. The zero-order valence-electron chi connectivity index (χ0n) is 13.5. The van der Waals surface area contributed by atoms with Crippen molar-refractivity contribution in [3.8, 4) is 17.5 Å². The van der Waals surface area contributed by atoms with Crippen LogP contribution in [0.3, 0.4) is 0 Å². The Morgan fingerprint density at radius 1 is 1.12 bits per heavy atom. The predicted molar refractivity (Wildman–Crippen MR) is 89.5 cm³/mol. The highest BCUT2D eigenvalue weighted by Gasteiger charge is 2.06. The van der Waals surface area contributed by atoms with Crippen LogP contribution in [0.15, 0.2) is 53.5 Å². The van der Waals surface area contributed by atoms with Crippen LogP contribution in [0.5, 0.6) is 17.5 Å². The Morgan fingerprint density at radius 2 is 1.92 bits per heavy atom. The highest BCUT2D eigenvalue weighted by atomic mass is 19.1.